The number of hydrogen-bond acceptors (Lipinski definition) is 7. The molecule has 35 heavy (non-hydrogen) atoms. The van der Waals surface area contributed by atoms with Crippen molar-refractivity contribution in [2.75, 3.05) is 0 Å². The van der Waals surface area contributed by atoms with E-state index in [-0.39, 0.29) is 40.8 Å². The molecule has 2 bridgehead atoms. The number of benzene rings is 2. The molecule has 2 aromatic carbocycles. The molecule has 3 fully saturated rings. The minimum atomic E-state index is -0.741. The molecule has 10 heteroatoms. The van der Waals surface area contributed by atoms with Crippen molar-refractivity contribution >= 4 is 17.5 Å². The summed E-state index contributed by atoms with van der Waals surface area (Å²) >= 11 is 5.68. The number of nitrogens with one attached hydrogen (secondary N) is 1. The predicted molar refractivity (Wildman–Crippen MR) is 122 cm³/mol. The van der Waals surface area contributed by atoms with Crippen LogP contribution >= 0.6 is 11.6 Å². The number of aromatic nitrogens is 2. The number of ether oxygens (including phenoxy) is 2. The summed E-state index contributed by atoms with van der Waals surface area (Å²) in [5, 5.41) is 21.8. The number of rotatable bonds is 6. The van der Waals surface area contributed by atoms with Crippen molar-refractivity contribution < 1.29 is 28.2 Å². The average molecular weight is 500 g/mol. The van der Waals surface area contributed by atoms with Gasteiger partial charge in [-0.2, -0.15) is 0 Å². The first kappa shape index (κ1) is 22.3. The van der Waals surface area contributed by atoms with Gasteiger partial charge in [0, 0.05) is 23.6 Å². The predicted octanol–water partition coefficient (Wildman–Crippen LogP) is 3.92. The molecular formula is C25H23ClFN3O5. The smallest absolute Gasteiger partial charge is 0.261 e. The van der Waals surface area contributed by atoms with E-state index in [0.717, 1.165) is 11.1 Å². The Hall–Kier alpha value is -3.17. The molecule has 0 radical (unpaired) electrons. The SMILES string of the molecule is Cc1ccc2c(c1)[C@@H](O)C[C@@H](C(=O)NC13CC(c4nnc(COc5ccc(Cl)c(F)c5)o4)(C1)C3)O2. The van der Waals surface area contributed by atoms with Crippen LogP contribution in [0.5, 0.6) is 11.5 Å². The zero-order valence-electron chi connectivity index (χ0n) is 18.9. The third-order valence-electron chi connectivity index (χ3n) is 7.12. The van der Waals surface area contributed by atoms with Gasteiger partial charge in [-0.1, -0.05) is 23.2 Å². The van der Waals surface area contributed by atoms with Crippen molar-refractivity contribution in [2.45, 2.75) is 62.4 Å². The fraction of sp³-hybridized carbons (Fsp3) is 0.400. The molecule has 2 heterocycles. The molecule has 1 aliphatic heterocycles. The van der Waals surface area contributed by atoms with Crippen LogP contribution in [-0.4, -0.2) is 32.9 Å². The van der Waals surface area contributed by atoms with Crippen molar-refractivity contribution in [1.29, 1.82) is 0 Å². The van der Waals surface area contributed by atoms with Gasteiger partial charge in [-0.25, -0.2) is 4.39 Å². The number of carbonyl (C=O) groups excluding carboxylic acids is 1. The topological polar surface area (TPSA) is 107 Å². The van der Waals surface area contributed by atoms with E-state index in [1.807, 2.05) is 19.1 Å². The summed E-state index contributed by atoms with van der Waals surface area (Å²) in [7, 11) is 0. The Morgan fingerprint density at radius 3 is 2.83 bits per heavy atom. The van der Waals surface area contributed by atoms with Gasteiger partial charge in [0.05, 0.1) is 16.5 Å². The minimum absolute atomic E-state index is 0.00831. The summed E-state index contributed by atoms with van der Waals surface area (Å²) < 4.78 is 30.7. The number of hydrogen-bond donors (Lipinski definition) is 2. The van der Waals surface area contributed by atoms with Gasteiger partial charge in [-0.15, -0.1) is 10.2 Å². The van der Waals surface area contributed by atoms with E-state index < -0.39 is 18.0 Å². The molecule has 1 amide bonds. The van der Waals surface area contributed by atoms with Crippen molar-refractivity contribution in [3.8, 4) is 11.5 Å². The summed E-state index contributed by atoms with van der Waals surface area (Å²) in [6, 6.07) is 9.75. The number of aliphatic hydroxyl groups is 1. The third kappa shape index (κ3) is 3.83. The summed E-state index contributed by atoms with van der Waals surface area (Å²) in [4.78, 5) is 12.9. The number of fused-ring (bicyclic) bond motifs is 1. The Labute approximate surface area is 205 Å². The first-order valence-corrected chi connectivity index (χ1v) is 11.8. The lowest BCUT2D eigenvalue weighted by molar-refractivity contribution is -0.149. The maximum absolute atomic E-state index is 13.6. The van der Waals surface area contributed by atoms with Gasteiger partial charge < -0.3 is 24.3 Å². The van der Waals surface area contributed by atoms with Gasteiger partial charge in [-0.05, 0) is 50.5 Å². The van der Waals surface area contributed by atoms with Crippen LogP contribution < -0.4 is 14.8 Å². The Bertz CT molecular complexity index is 1310. The van der Waals surface area contributed by atoms with Gasteiger partial charge in [0.25, 0.3) is 11.8 Å². The second-order valence-electron chi connectivity index (χ2n) is 9.85. The third-order valence-corrected chi connectivity index (χ3v) is 7.42. The number of halogens is 2. The quantitative estimate of drug-likeness (QED) is 0.529. The number of aryl methyl sites for hydroxylation is 1. The van der Waals surface area contributed by atoms with E-state index in [0.29, 0.717) is 36.7 Å². The minimum Gasteiger partial charge on any atom is -0.484 e. The molecule has 7 rings (SSSR count). The molecular weight excluding hydrogens is 477 g/mol. The molecule has 2 N–H and O–H groups in total. The van der Waals surface area contributed by atoms with Crippen molar-refractivity contribution in [1.82, 2.24) is 15.5 Å². The first-order valence-electron chi connectivity index (χ1n) is 11.4. The maximum Gasteiger partial charge on any atom is 0.261 e. The van der Waals surface area contributed by atoms with Gasteiger partial charge >= 0.3 is 0 Å². The summed E-state index contributed by atoms with van der Waals surface area (Å²) in [5.41, 5.74) is 1.19. The zero-order chi connectivity index (χ0) is 24.4. The lowest BCUT2D eigenvalue weighted by Gasteiger charge is -2.68. The van der Waals surface area contributed by atoms with Crippen LogP contribution in [0.1, 0.15) is 54.7 Å². The highest BCUT2D eigenvalue weighted by atomic mass is 35.5. The fourth-order valence-electron chi connectivity index (χ4n) is 5.45. The van der Waals surface area contributed by atoms with Gasteiger partial charge in [-0.3, -0.25) is 4.79 Å². The molecule has 3 aromatic rings. The van der Waals surface area contributed by atoms with Crippen LogP contribution in [0.25, 0.3) is 0 Å². The van der Waals surface area contributed by atoms with Gasteiger partial charge in [0.1, 0.15) is 17.3 Å². The second kappa shape index (κ2) is 7.93. The summed E-state index contributed by atoms with van der Waals surface area (Å²) in [5.74, 6) is 0.874. The molecule has 1 aromatic heterocycles. The molecule has 0 unspecified atom stereocenters. The Balaban J connectivity index is 1.04. The Morgan fingerprint density at radius 1 is 1.26 bits per heavy atom. The molecule has 0 saturated heterocycles. The van der Waals surface area contributed by atoms with Crippen molar-refractivity contribution in [3.63, 3.8) is 0 Å². The normalized spacial score (nSPS) is 28.2. The average Bonchev–Trinajstić information content (AvgIpc) is 3.25. The van der Waals surface area contributed by atoms with Crippen LogP contribution in [-0.2, 0) is 16.8 Å². The van der Waals surface area contributed by atoms with Crippen LogP contribution in [0, 0.1) is 12.7 Å². The summed E-state index contributed by atoms with van der Waals surface area (Å²) in [6.07, 6.45) is 0.825. The van der Waals surface area contributed by atoms with Crippen LogP contribution in [0.15, 0.2) is 40.8 Å². The monoisotopic (exact) mass is 499 g/mol. The Morgan fingerprint density at radius 2 is 2.06 bits per heavy atom. The van der Waals surface area contributed by atoms with Crippen LogP contribution in [0.4, 0.5) is 4.39 Å². The van der Waals surface area contributed by atoms with Crippen LogP contribution in [0.3, 0.4) is 0 Å². The fourth-order valence-corrected chi connectivity index (χ4v) is 5.57. The molecule has 0 spiro atoms. The highest BCUT2D eigenvalue weighted by Crippen LogP contribution is 2.67. The largest absolute Gasteiger partial charge is 0.484 e. The van der Waals surface area contributed by atoms with E-state index in [9.17, 15) is 14.3 Å². The van der Waals surface area contributed by atoms with Crippen molar-refractivity contribution in [3.05, 3.63) is 70.1 Å². The molecule has 3 saturated carbocycles. The summed E-state index contributed by atoms with van der Waals surface area (Å²) in [6.45, 7) is 1.96. The van der Waals surface area contributed by atoms with Gasteiger partial charge in [0.15, 0.2) is 12.7 Å². The number of carbonyl (C=O) groups is 1. The molecule has 182 valence electrons. The van der Waals surface area contributed by atoms with E-state index in [1.54, 1.807) is 12.1 Å². The molecule has 2 atom stereocenters. The first-order chi connectivity index (χ1) is 16.7. The zero-order valence-corrected chi connectivity index (χ0v) is 19.6. The number of nitrogens with zero attached hydrogens (tertiary/aromatic N) is 2. The number of amides is 1. The van der Waals surface area contributed by atoms with Crippen LogP contribution in [0.2, 0.25) is 5.02 Å². The molecule has 4 aliphatic rings. The number of aliphatic hydroxyl groups excluding tert-OH is 1. The molecule has 8 nitrogen and oxygen atoms in total. The van der Waals surface area contributed by atoms with Gasteiger partial charge in [0.2, 0.25) is 5.89 Å². The van der Waals surface area contributed by atoms with Crippen molar-refractivity contribution in [2.24, 2.45) is 0 Å². The lowest BCUT2D eigenvalue weighted by atomic mass is 9.39. The Kier molecular flexibility index (Phi) is 5.05. The van der Waals surface area contributed by atoms with E-state index >= 15 is 0 Å². The maximum atomic E-state index is 13.6. The highest BCUT2D eigenvalue weighted by Gasteiger charge is 2.72. The highest BCUT2D eigenvalue weighted by molar-refractivity contribution is 6.30. The lowest BCUT2D eigenvalue weighted by Crippen LogP contribution is -2.77. The van der Waals surface area contributed by atoms with E-state index in [4.69, 9.17) is 25.5 Å². The molecule has 3 aliphatic carbocycles. The van der Waals surface area contributed by atoms with E-state index in [1.165, 1.54) is 12.1 Å². The standard InChI is InChI=1S/C25H23ClFN3O5/c1-13-2-5-19-15(6-13)18(31)8-20(34-19)22(32)28-25-10-24(11-25,12-25)23-30-29-21(35-23)9-33-14-3-4-16(26)17(27)7-14/h2-7,18,20,31H,8-12H2,1H3,(H,28,32)/t18-,20-,24?,25?/m0/s1. The second-order valence-corrected chi connectivity index (χ2v) is 10.3. The van der Waals surface area contributed by atoms with E-state index in [2.05, 4.69) is 15.5 Å².